The van der Waals surface area contributed by atoms with Gasteiger partial charge in [-0.05, 0) is 24.0 Å². The van der Waals surface area contributed by atoms with E-state index in [1.807, 2.05) is 54.6 Å². The van der Waals surface area contributed by atoms with Crippen molar-refractivity contribution in [3.63, 3.8) is 0 Å². The number of allylic oxidation sites excluding steroid dienone is 2. The Kier molecular flexibility index (Phi) is 4.23. The molecule has 2 aliphatic rings. The number of fused-ring (bicyclic) bond motifs is 2. The summed E-state index contributed by atoms with van der Waals surface area (Å²) in [5.74, 6) is -1.42. The Hall–Kier alpha value is -3.88. The molecule has 0 unspecified atom stereocenters. The molecule has 3 heterocycles. The van der Waals surface area contributed by atoms with Gasteiger partial charge in [0.05, 0.1) is 0 Å². The van der Waals surface area contributed by atoms with Crippen LogP contribution < -0.4 is 5.32 Å². The number of anilines is 1. The Morgan fingerprint density at radius 2 is 1.76 bits per heavy atom. The van der Waals surface area contributed by atoms with E-state index in [0.29, 0.717) is 23.3 Å². The predicted octanol–water partition coefficient (Wildman–Crippen LogP) is 5.19. The number of nitrogens with zero attached hydrogens (tertiary/aromatic N) is 3. The van der Waals surface area contributed by atoms with Crippen LogP contribution in [0.4, 0.5) is 19.1 Å². The average molecular weight is 449 g/mol. The summed E-state index contributed by atoms with van der Waals surface area (Å²) in [6.45, 7) is 0. The molecule has 0 spiro atoms. The van der Waals surface area contributed by atoms with Crippen molar-refractivity contribution in [1.29, 1.82) is 0 Å². The maximum absolute atomic E-state index is 13.5. The quantitative estimate of drug-likeness (QED) is 0.442. The highest BCUT2D eigenvalue weighted by Crippen LogP contribution is 2.46. The van der Waals surface area contributed by atoms with Crippen LogP contribution in [0.1, 0.15) is 41.8 Å². The Balaban J connectivity index is 1.53. The molecule has 2 aromatic carbocycles. The van der Waals surface area contributed by atoms with Gasteiger partial charge < -0.3 is 10.3 Å². The van der Waals surface area contributed by atoms with Crippen LogP contribution in [0.25, 0.3) is 10.9 Å². The van der Waals surface area contributed by atoms with E-state index in [9.17, 15) is 18.0 Å². The largest absolute Gasteiger partial charge is 0.453 e. The Morgan fingerprint density at radius 1 is 1.00 bits per heavy atom. The molecule has 6 nitrogen and oxygen atoms in total. The monoisotopic (exact) mass is 449 g/mol. The lowest BCUT2D eigenvalue weighted by Crippen LogP contribution is -2.33. The number of hydrogen-bond acceptors (Lipinski definition) is 4. The lowest BCUT2D eigenvalue weighted by atomic mass is 9.78. The minimum atomic E-state index is -4.70. The molecule has 166 valence electrons. The van der Waals surface area contributed by atoms with Gasteiger partial charge in [-0.2, -0.15) is 18.2 Å². The number of Topliss-reactive ketones (excluding diaryl/α,β-unsaturated/α-hetero) is 1. The number of carbonyl (C=O) groups excluding carboxylic acids is 1. The number of aromatic nitrogens is 4. The normalized spacial score (nSPS) is 20.5. The highest BCUT2D eigenvalue weighted by Gasteiger charge is 2.44. The van der Waals surface area contributed by atoms with E-state index in [1.165, 1.54) is 4.68 Å². The first-order valence-corrected chi connectivity index (χ1v) is 10.6. The van der Waals surface area contributed by atoms with Gasteiger partial charge in [0.2, 0.25) is 5.95 Å². The van der Waals surface area contributed by atoms with Crippen molar-refractivity contribution in [3.05, 3.63) is 89.0 Å². The summed E-state index contributed by atoms with van der Waals surface area (Å²) in [5, 5.41) is 7.61. The molecular weight excluding hydrogens is 431 g/mol. The van der Waals surface area contributed by atoms with E-state index >= 15 is 0 Å². The SMILES string of the molecule is O=C1C[C@H](c2ccccc2)CC2=C1[C@@H](c1c[nH]c3ccccc13)n1nc(C(F)(F)F)nc1N2. The second kappa shape index (κ2) is 7.06. The fourth-order valence-electron chi connectivity index (χ4n) is 4.90. The molecule has 2 atom stereocenters. The lowest BCUT2D eigenvalue weighted by Gasteiger charge is -2.35. The number of rotatable bonds is 2. The number of ketones is 1. The van der Waals surface area contributed by atoms with Gasteiger partial charge in [0.25, 0.3) is 5.82 Å². The first-order valence-electron chi connectivity index (χ1n) is 10.6. The summed E-state index contributed by atoms with van der Waals surface area (Å²) >= 11 is 0. The molecule has 0 saturated carbocycles. The molecule has 1 aliphatic heterocycles. The molecule has 0 fully saturated rings. The second-order valence-corrected chi connectivity index (χ2v) is 8.35. The molecular formula is C24H18F3N5O. The number of H-pyrrole nitrogens is 1. The van der Waals surface area contributed by atoms with Crippen LogP contribution in [0.5, 0.6) is 0 Å². The van der Waals surface area contributed by atoms with Crippen LogP contribution >= 0.6 is 0 Å². The van der Waals surface area contributed by atoms with Gasteiger partial charge in [-0.3, -0.25) is 4.79 Å². The third kappa shape index (κ3) is 3.14. The van der Waals surface area contributed by atoms with Crippen LogP contribution in [0.2, 0.25) is 0 Å². The van der Waals surface area contributed by atoms with Crippen molar-refractivity contribution in [2.45, 2.75) is 31.0 Å². The summed E-state index contributed by atoms with van der Waals surface area (Å²) in [7, 11) is 0. The molecule has 2 N–H and O–H groups in total. The van der Waals surface area contributed by atoms with E-state index in [0.717, 1.165) is 16.5 Å². The van der Waals surface area contributed by atoms with Crippen molar-refractivity contribution < 1.29 is 18.0 Å². The van der Waals surface area contributed by atoms with Crippen molar-refractivity contribution >= 4 is 22.6 Å². The highest BCUT2D eigenvalue weighted by atomic mass is 19.4. The van der Waals surface area contributed by atoms with E-state index < -0.39 is 18.0 Å². The molecule has 0 amide bonds. The molecule has 4 aromatic rings. The van der Waals surface area contributed by atoms with Gasteiger partial charge in [-0.15, -0.1) is 5.10 Å². The van der Waals surface area contributed by atoms with E-state index in [-0.39, 0.29) is 24.1 Å². The van der Waals surface area contributed by atoms with Gasteiger partial charge in [-0.1, -0.05) is 48.5 Å². The van der Waals surface area contributed by atoms with E-state index in [1.54, 1.807) is 6.20 Å². The zero-order valence-electron chi connectivity index (χ0n) is 17.2. The zero-order valence-corrected chi connectivity index (χ0v) is 17.2. The minimum absolute atomic E-state index is 0.0159. The standard InChI is InChI=1S/C24H18F3N5O/c25-24(26,27)22-30-23-29-18-10-14(13-6-2-1-3-7-13)11-19(33)20(18)21(32(23)31-22)16-12-28-17-9-5-4-8-15(16)17/h1-9,12,14,21,28H,10-11H2,(H,29,30,31)/t14-,21-/m1/s1. The number of nitrogens with one attached hydrogen (secondary N) is 2. The number of para-hydroxylation sites is 1. The Bertz CT molecular complexity index is 1420. The van der Waals surface area contributed by atoms with Gasteiger partial charge >= 0.3 is 6.18 Å². The van der Waals surface area contributed by atoms with Crippen LogP contribution in [-0.4, -0.2) is 25.5 Å². The third-order valence-corrected chi connectivity index (χ3v) is 6.36. The lowest BCUT2D eigenvalue weighted by molar-refractivity contribution is -0.145. The number of benzene rings is 2. The average Bonchev–Trinajstić information content (AvgIpc) is 3.42. The predicted molar refractivity (Wildman–Crippen MR) is 116 cm³/mol. The van der Waals surface area contributed by atoms with Crippen LogP contribution in [0.3, 0.4) is 0 Å². The molecule has 33 heavy (non-hydrogen) atoms. The summed E-state index contributed by atoms with van der Waals surface area (Å²) < 4.78 is 41.6. The fourth-order valence-corrected chi connectivity index (χ4v) is 4.90. The first-order chi connectivity index (χ1) is 15.9. The molecule has 9 heteroatoms. The van der Waals surface area contributed by atoms with Crippen molar-refractivity contribution in [1.82, 2.24) is 19.7 Å². The second-order valence-electron chi connectivity index (χ2n) is 8.35. The number of alkyl halides is 3. The summed E-state index contributed by atoms with van der Waals surface area (Å²) in [4.78, 5) is 20.4. The van der Waals surface area contributed by atoms with Crippen molar-refractivity contribution in [2.75, 3.05) is 5.32 Å². The number of aromatic amines is 1. The van der Waals surface area contributed by atoms with Crippen LogP contribution in [0.15, 0.2) is 72.1 Å². The summed E-state index contributed by atoms with van der Waals surface area (Å²) in [6, 6.07) is 16.4. The van der Waals surface area contributed by atoms with Crippen LogP contribution in [-0.2, 0) is 11.0 Å². The number of halogens is 3. The van der Waals surface area contributed by atoms with Gasteiger partial charge in [0.15, 0.2) is 5.78 Å². The third-order valence-electron chi connectivity index (χ3n) is 6.36. The van der Waals surface area contributed by atoms with Crippen molar-refractivity contribution in [2.24, 2.45) is 0 Å². The summed E-state index contributed by atoms with van der Waals surface area (Å²) in [5.41, 5.74) is 3.58. The molecule has 2 aromatic heterocycles. The van der Waals surface area contributed by atoms with E-state index in [2.05, 4.69) is 20.4 Å². The topological polar surface area (TPSA) is 75.6 Å². The smallest absolute Gasteiger partial charge is 0.361 e. The van der Waals surface area contributed by atoms with Gasteiger partial charge in [0, 0.05) is 40.4 Å². The molecule has 1 aliphatic carbocycles. The fraction of sp³-hybridized carbons (Fsp3) is 0.208. The molecule has 0 saturated heterocycles. The van der Waals surface area contributed by atoms with E-state index in [4.69, 9.17) is 0 Å². The maximum atomic E-state index is 13.5. The minimum Gasteiger partial charge on any atom is -0.361 e. The molecule has 0 bridgehead atoms. The Labute approximate surface area is 186 Å². The highest BCUT2D eigenvalue weighted by molar-refractivity contribution is 6.01. The molecule has 6 rings (SSSR count). The van der Waals surface area contributed by atoms with Crippen LogP contribution in [0, 0.1) is 0 Å². The van der Waals surface area contributed by atoms with Gasteiger partial charge in [-0.25, -0.2) is 4.68 Å². The molecule has 0 radical (unpaired) electrons. The van der Waals surface area contributed by atoms with Gasteiger partial charge in [0.1, 0.15) is 6.04 Å². The Morgan fingerprint density at radius 3 is 2.55 bits per heavy atom. The summed E-state index contributed by atoms with van der Waals surface area (Å²) in [6.07, 6.45) is -2.19. The number of hydrogen-bond donors (Lipinski definition) is 2. The van der Waals surface area contributed by atoms with Crippen molar-refractivity contribution in [3.8, 4) is 0 Å². The first kappa shape index (κ1) is 19.8. The zero-order chi connectivity index (χ0) is 22.7. The number of carbonyl (C=O) groups is 1. The maximum Gasteiger partial charge on any atom is 0.453 e.